The van der Waals surface area contributed by atoms with E-state index in [0.717, 1.165) is 5.56 Å². The van der Waals surface area contributed by atoms with Crippen molar-refractivity contribution in [2.75, 3.05) is 0 Å². The summed E-state index contributed by atoms with van der Waals surface area (Å²) in [5.41, 5.74) is 1.59. The topological polar surface area (TPSA) is 51.0 Å². The van der Waals surface area contributed by atoms with E-state index in [4.69, 9.17) is 4.42 Å². The molecule has 1 N–H and O–H groups in total. The van der Waals surface area contributed by atoms with Crippen LogP contribution in [0.5, 0.6) is 0 Å². The highest BCUT2D eigenvalue weighted by molar-refractivity contribution is 5.51. The predicted molar refractivity (Wildman–Crippen MR) is 77.9 cm³/mol. The Balaban J connectivity index is 1.65. The molecule has 0 saturated heterocycles. The van der Waals surface area contributed by atoms with Gasteiger partial charge in [-0.25, -0.2) is 0 Å². The van der Waals surface area contributed by atoms with Crippen molar-refractivity contribution < 1.29 is 4.42 Å². The molecule has 1 aromatic heterocycles. The largest absolute Gasteiger partial charge is 0.419 e. The number of nitrogens with one attached hydrogen (secondary N) is 1. The van der Waals surface area contributed by atoms with E-state index < -0.39 is 0 Å². The summed E-state index contributed by atoms with van der Waals surface area (Å²) >= 11 is 0. The molecule has 4 nitrogen and oxygen atoms in total. The molecular weight excluding hydrogens is 250 g/mol. The summed E-state index contributed by atoms with van der Waals surface area (Å²) in [4.78, 5) is 0. The molecule has 0 bridgehead atoms. The average Bonchev–Trinajstić information content (AvgIpc) is 2.76. The molecule has 106 valence electrons. The normalized spacial score (nSPS) is 20.0. The number of hydrogen-bond donors (Lipinski definition) is 1. The maximum atomic E-state index is 5.70. The van der Waals surface area contributed by atoms with Crippen LogP contribution >= 0.6 is 0 Å². The number of nitrogens with zero attached hydrogens (tertiary/aromatic N) is 2. The zero-order chi connectivity index (χ0) is 14.4. The number of hydrogen-bond acceptors (Lipinski definition) is 4. The minimum Gasteiger partial charge on any atom is -0.419 e. The van der Waals surface area contributed by atoms with E-state index in [0.29, 0.717) is 35.2 Å². The van der Waals surface area contributed by atoms with Crippen molar-refractivity contribution in [2.45, 2.75) is 40.3 Å². The third-order valence-electron chi connectivity index (χ3n) is 4.97. The Morgan fingerprint density at radius 2 is 1.70 bits per heavy atom. The van der Waals surface area contributed by atoms with E-state index in [2.05, 4.69) is 43.2 Å². The first-order valence-electron chi connectivity index (χ1n) is 7.04. The minimum absolute atomic E-state index is 0.315. The maximum absolute atomic E-state index is 5.70. The second-order valence-corrected chi connectivity index (χ2v) is 6.62. The maximum Gasteiger partial charge on any atom is 0.247 e. The molecule has 1 aromatic carbocycles. The van der Waals surface area contributed by atoms with Crippen LogP contribution in [-0.2, 0) is 6.54 Å². The first-order chi connectivity index (χ1) is 9.43. The van der Waals surface area contributed by atoms with Gasteiger partial charge < -0.3 is 9.73 Å². The summed E-state index contributed by atoms with van der Waals surface area (Å²) in [6.45, 7) is 9.76. The van der Waals surface area contributed by atoms with E-state index >= 15 is 0 Å². The Kier molecular flexibility index (Phi) is 2.94. The summed E-state index contributed by atoms with van der Waals surface area (Å²) in [5.74, 6) is 1.22. The van der Waals surface area contributed by atoms with Gasteiger partial charge in [-0.2, -0.15) is 0 Å². The third-order valence-corrected chi connectivity index (χ3v) is 4.97. The molecule has 0 atom stereocenters. The second kappa shape index (κ2) is 4.42. The van der Waals surface area contributed by atoms with Gasteiger partial charge in [0.1, 0.15) is 0 Å². The van der Waals surface area contributed by atoms with Gasteiger partial charge in [-0.1, -0.05) is 45.9 Å². The standard InChI is InChI=1S/C16H21N3O/c1-15(2)14(16(15,3)4)17-10-12-18-19-13(20-12)11-8-6-5-7-9-11/h5-9,14,17H,10H2,1-4H3. The molecule has 3 rings (SSSR count). The van der Waals surface area contributed by atoms with Crippen LogP contribution in [0.3, 0.4) is 0 Å². The van der Waals surface area contributed by atoms with E-state index in [-0.39, 0.29) is 0 Å². The zero-order valence-corrected chi connectivity index (χ0v) is 12.5. The SMILES string of the molecule is CC1(C)C(NCc2nnc(-c3ccccc3)o2)C1(C)C. The number of benzene rings is 1. The van der Waals surface area contributed by atoms with Crippen molar-refractivity contribution in [3.63, 3.8) is 0 Å². The first-order valence-corrected chi connectivity index (χ1v) is 7.04. The Labute approximate surface area is 119 Å². The highest BCUT2D eigenvalue weighted by Crippen LogP contribution is 2.62. The molecule has 2 aromatic rings. The number of rotatable bonds is 4. The van der Waals surface area contributed by atoms with E-state index in [1.165, 1.54) is 0 Å². The summed E-state index contributed by atoms with van der Waals surface area (Å²) in [7, 11) is 0. The molecule has 1 aliphatic carbocycles. The predicted octanol–water partition coefficient (Wildman–Crippen LogP) is 3.26. The van der Waals surface area contributed by atoms with Gasteiger partial charge in [-0.15, -0.1) is 10.2 Å². The Bertz CT molecular complexity index is 587. The van der Waals surface area contributed by atoms with E-state index in [9.17, 15) is 0 Å². The summed E-state index contributed by atoms with van der Waals surface area (Å²) < 4.78 is 5.70. The Hall–Kier alpha value is -1.68. The fraction of sp³-hybridized carbons (Fsp3) is 0.500. The zero-order valence-electron chi connectivity index (χ0n) is 12.5. The van der Waals surface area contributed by atoms with Gasteiger partial charge in [0.25, 0.3) is 0 Å². The first kappa shape index (κ1) is 13.3. The molecule has 1 aliphatic rings. The summed E-state index contributed by atoms with van der Waals surface area (Å²) in [5, 5.41) is 11.7. The fourth-order valence-electron chi connectivity index (χ4n) is 2.92. The lowest BCUT2D eigenvalue weighted by Gasteiger charge is -2.03. The molecule has 1 fully saturated rings. The number of aromatic nitrogens is 2. The average molecular weight is 271 g/mol. The van der Waals surface area contributed by atoms with Gasteiger partial charge in [0, 0.05) is 11.6 Å². The lowest BCUT2D eigenvalue weighted by molar-refractivity contribution is 0.457. The highest BCUT2D eigenvalue weighted by atomic mass is 16.4. The third kappa shape index (κ3) is 2.04. The monoisotopic (exact) mass is 271 g/mol. The summed E-state index contributed by atoms with van der Waals surface area (Å²) in [6.07, 6.45) is 0. The molecule has 0 spiro atoms. The van der Waals surface area contributed by atoms with Crippen molar-refractivity contribution in [2.24, 2.45) is 10.8 Å². The Morgan fingerprint density at radius 3 is 2.30 bits per heavy atom. The molecule has 1 saturated carbocycles. The van der Waals surface area contributed by atoms with Crippen LogP contribution in [0, 0.1) is 10.8 Å². The lowest BCUT2D eigenvalue weighted by atomic mass is 10.0. The molecule has 0 unspecified atom stereocenters. The quantitative estimate of drug-likeness (QED) is 0.927. The molecule has 0 amide bonds. The van der Waals surface area contributed by atoms with Gasteiger partial charge in [-0.05, 0) is 23.0 Å². The van der Waals surface area contributed by atoms with Crippen molar-refractivity contribution in [3.05, 3.63) is 36.2 Å². The van der Waals surface area contributed by atoms with E-state index in [1.54, 1.807) is 0 Å². The van der Waals surface area contributed by atoms with Crippen LogP contribution < -0.4 is 5.32 Å². The highest BCUT2D eigenvalue weighted by Gasteiger charge is 2.64. The molecule has 20 heavy (non-hydrogen) atoms. The van der Waals surface area contributed by atoms with Gasteiger partial charge in [0.15, 0.2) is 0 Å². The van der Waals surface area contributed by atoms with Crippen LogP contribution in [0.15, 0.2) is 34.7 Å². The molecule has 1 heterocycles. The summed E-state index contributed by atoms with van der Waals surface area (Å²) in [6, 6.07) is 10.3. The lowest BCUT2D eigenvalue weighted by Crippen LogP contribution is -2.21. The van der Waals surface area contributed by atoms with Crippen molar-refractivity contribution in [1.82, 2.24) is 15.5 Å². The van der Waals surface area contributed by atoms with Crippen LogP contribution in [0.25, 0.3) is 11.5 Å². The minimum atomic E-state index is 0.315. The van der Waals surface area contributed by atoms with Crippen molar-refractivity contribution in [3.8, 4) is 11.5 Å². The smallest absolute Gasteiger partial charge is 0.247 e. The van der Waals surface area contributed by atoms with Crippen LogP contribution in [-0.4, -0.2) is 16.2 Å². The van der Waals surface area contributed by atoms with Gasteiger partial charge >= 0.3 is 0 Å². The molecular formula is C16H21N3O. The molecule has 4 heteroatoms. The fourth-order valence-corrected chi connectivity index (χ4v) is 2.92. The molecule has 0 radical (unpaired) electrons. The Morgan fingerprint density at radius 1 is 1.05 bits per heavy atom. The second-order valence-electron chi connectivity index (χ2n) is 6.62. The van der Waals surface area contributed by atoms with Crippen molar-refractivity contribution in [1.29, 1.82) is 0 Å². The van der Waals surface area contributed by atoms with E-state index in [1.807, 2.05) is 30.3 Å². The van der Waals surface area contributed by atoms with Crippen LogP contribution in [0.2, 0.25) is 0 Å². The van der Waals surface area contributed by atoms with Crippen LogP contribution in [0.4, 0.5) is 0 Å². The van der Waals surface area contributed by atoms with Crippen molar-refractivity contribution >= 4 is 0 Å². The van der Waals surface area contributed by atoms with Crippen LogP contribution in [0.1, 0.15) is 33.6 Å². The van der Waals surface area contributed by atoms with Gasteiger partial charge in [-0.3, -0.25) is 0 Å². The van der Waals surface area contributed by atoms with Gasteiger partial charge in [0.05, 0.1) is 6.54 Å². The molecule has 0 aliphatic heterocycles. The van der Waals surface area contributed by atoms with Gasteiger partial charge in [0.2, 0.25) is 11.8 Å².